The molecule has 1 saturated heterocycles. The molecule has 2 N–H and O–H groups in total. The second-order valence-corrected chi connectivity index (χ2v) is 8.19. The standard InChI is InChI=1S/C23H23ClO6/c24-22-15-10-14(25)8-4-5-9-18-20(29-18)12-19(13-6-2-1-3-7-13)30-23(28)21(15)16(26)11-17(22)27/h1-4,6,8,11,13,18-20,26-27H,5,7,9-10,12H2/b8-4+/t13?,18?,19-,20?/m1/s1. The first-order chi connectivity index (χ1) is 14.4. The number of aromatic hydroxyl groups is 2. The number of carbonyl (C=O) groups is 2. The van der Waals surface area contributed by atoms with Crippen LogP contribution in [0.3, 0.4) is 0 Å². The molecule has 6 nitrogen and oxygen atoms in total. The number of ether oxygens (including phenoxy) is 2. The first-order valence-electron chi connectivity index (χ1n) is 10.1. The van der Waals surface area contributed by atoms with E-state index >= 15 is 0 Å². The molecule has 1 fully saturated rings. The maximum absolute atomic E-state index is 13.1. The van der Waals surface area contributed by atoms with Gasteiger partial charge in [-0.25, -0.2) is 4.79 Å². The Morgan fingerprint density at radius 2 is 1.87 bits per heavy atom. The van der Waals surface area contributed by atoms with Crippen molar-refractivity contribution >= 4 is 23.4 Å². The first-order valence-corrected chi connectivity index (χ1v) is 10.4. The molecule has 0 radical (unpaired) electrons. The van der Waals surface area contributed by atoms with Crippen LogP contribution in [0.1, 0.15) is 41.6 Å². The lowest BCUT2D eigenvalue weighted by Crippen LogP contribution is -2.29. The number of phenols is 2. The second kappa shape index (κ2) is 8.66. The molecule has 2 heterocycles. The van der Waals surface area contributed by atoms with Crippen LogP contribution in [0.4, 0.5) is 0 Å². The number of fused-ring (bicyclic) bond motifs is 2. The fourth-order valence-corrected chi connectivity index (χ4v) is 4.25. The van der Waals surface area contributed by atoms with Gasteiger partial charge in [-0.1, -0.05) is 42.0 Å². The fourth-order valence-electron chi connectivity index (χ4n) is 4.04. The minimum absolute atomic E-state index is 0.00868. The molecule has 3 aliphatic rings. The van der Waals surface area contributed by atoms with Gasteiger partial charge in [0.2, 0.25) is 0 Å². The normalized spacial score (nSPS) is 30.0. The molecule has 0 bridgehead atoms. The molecule has 4 rings (SSSR count). The van der Waals surface area contributed by atoms with E-state index < -0.39 is 23.6 Å². The van der Waals surface area contributed by atoms with Gasteiger partial charge in [0, 0.05) is 30.4 Å². The van der Waals surface area contributed by atoms with Crippen molar-refractivity contribution in [1.82, 2.24) is 0 Å². The highest BCUT2D eigenvalue weighted by Crippen LogP contribution is 2.39. The van der Waals surface area contributed by atoms with Gasteiger partial charge in [-0.15, -0.1) is 0 Å². The van der Waals surface area contributed by atoms with Gasteiger partial charge < -0.3 is 19.7 Å². The molecule has 158 valence electrons. The molecule has 0 amide bonds. The quantitative estimate of drug-likeness (QED) is 0.515. The molecule has 3 unspecified atom stereocenters. The Morgan fingerprint density at radius 3 is 2.63 bits per heavy atom. The third-order valence-corrected chi connectivity index (χ3v) is 6.12. The van der Waals surface area contributed by atoms with Crippen molar-refractivity contribution in [2.24, 2.45) is 5.92 Å². The van der Waals surface area contributed by atoms with Crippen molar-refractivity contribution < 1.29 is 29.3 Å². The van der Waals surface area contributed by atoms with Crippen LogP contribution in [0.25, 0.3) is 0 Å². The molecule has 4 atom stereocenters. The van der Waals surface area contributed by atoms with Crippen LogP contribution in [0, 0.1) is 5.92 Å². The van der Waals surface area contributed by atoms with Gasteiger partial charge in [0.05, 0.1) is 17.2 Å². The van der Waals surface area contributed by atoms with Crippen LogP contribution >= 0.6 is 11.6 Å². The van der Waals surface area contributed by atoms with Crippen molar-refractivity contribution in [2.75, 3.05) is 0 Å². The number of phenolic OH excluding ortho intramolecular Hbond substituents is 2. The van der Waals surface area contributed by atoms with Crippen molar-refractivity contribution in [3.63, 3.8) is 0 Å². The average molecular weight is 431 g/mol. The molecule has 0 saturated carbocycles. The third kappa shape index (κ3) is 4.45. The summed E-state index contributed by atoms with van der Waals surface area (Å²) in [7, 11) is 0. The summed E-state index contributed by atoms with van der Waals surface area (Å²) in [5.41, 5.74) is -0.130. The molecule has 1 aromatic rings. The van der Waals surface area contributed by atoms with Crippen LogP contribution in [0.5, 0.6) is 11.5 Å². The predicted octanol–water partition coefficient (Wildman–Crippen LogP) is 4.03. The van der Waals surface area contributed by atoms with E-state index in [1.165, 1.54) is 6.08 Å². The van der Waals surface area contributed by atoms with Gasteiger partial charge in [0.25, 0.3) is 0 Å². The SMILES string of the molecule is O=C1/C=C/CCC2OC2C[C@H](C2C=CC=CC2)OC(=O)c2c(O)cc(O)c(Cl)c2C1. The van der Waals surface area contributed by atoms with Crippen LogP contribution in [0.15, 0.2) is 42.5 Å². The number of cyclic esters (lactones) is 1. The molecule has 7 heteroatoms. The summed E-state index contributed by atoms with van der Waals surface area (Å²) in [6.07, 6.45) is 13.2. The summed E-state index contributed by atoms with van der Waals surface area (Å²) in [5, 5.41) is 20.2. The predicted molar refractivity (Wildman–Crippen MR) is 111 cm³/mol. The monoisotopic (exact) mass is 430 g/mol. The third-order valence-electron chi connectivity index (χ3n) is 5.70. The van der Waals surface area contributed by atoms with Gasteiger partial charge >= 0.3 is 5.97 Å². The molecular formula is C23H23ClO6. The Balaban J connectivity index is 1.71. The van der Waals surface area contributed by atoms with E-state index in [2.05, 4.69) is 0 Å². The second-order valence-electron chi connectivity index (χ2n) is 7.81. The summed E-state index contributed by atoms with van der Waals surface area (Å²) in [6.45, 7) is 0. The number of halogens is 1. The summed E-state index contributed by atoms with van der Waals surface area (Å²) < 4.78 is 11.6. The number of carbonyl (C=O) groups excluding carboxylic acids is 2. The van der Waals surface area contributed by atoms with Crippen molar-refractivity contribution in [1.29, 1.82) is 0 Å². The number of epoxide rings is 1. The smallest absolute Gasteiger partial charge is 0.342 e. The first kappa shape index (κ1) is 20.7. The summed E-state index contributed by atoms with van der Waals surface area (Å²) in [5.74, 6) is -1.96. The zero-order valence-electron chi connectivity index (χ0n) is 16.3. The maximum atomic E-state index is 13.1. The fraction of sp³-hybridized carbons (Fsp3) is 0.391. The van der Waals surface area contributed by atoms with Gasteiger partial charge in [-0.2, -0.15) is 0 Å². The minimum atomic E-state index is -0.775. The van der Waals surface area contributed by atoms with Crippen LogP contribution in [-0.2, 0) is 20.7 Å². The molecular weight excluding hydrogens is 408 g/mol. The number of benzene rings is 1. The zero-order valence-corrected chi connectivity index (χ0v) is 17.0. The Labute approximate surface area is 179 Å². The van der Waals surface area contributed by atoms with E-state index in [0.717, 1.165) is 18.9 Å². The molecule has 1 aliphatic carbocycles. The highest BCUT2D eigenvalue weighted by Gasteiger charge is 2.42. The molecule has 30 heavy (non-hydrogen) atoms. The lowest BCUT2D eigenvalue weighted by molar-refractivity contribution is -0.114. The Bertz CT molecular complexity index is 948. The summed E-state index contributed by atoms with van der Waals surface area (Å²) in [6, 6.07) is 0.990. The topological polar surface area (TPSA) is 96.4 Å². The van der Waals surface area contributed by atoms with Gasteiger partial charge in [-0.05, 0) is 25.3 Å². The number of hydrogen-bond acceptors (Lipinski definition) is 6. The van der Waals surface area contributed by atoms with Crippen molar-refractivity contribution in [3.8, 4) is 11.5 Å². The molecule has 2 aliphatic heterocycles. The maximum Gasteiger partial charge on any atom is 0.342 e. The summed E-state index contributed by atoms with van der Waals surface area (Å²) in [4.78, 5) is 25.5. The number of hydrogen-bond donors (Lipinski definition) is 2. The van der Waals surface area contributed by atoms with E-state index in [1.54, 1.807) is 6.08 Å². The lowest BCUT2D eigenvalue weighted by Gasteiger charge is -2.26. The van der Waals surface area contributed by atoms with Crippen molar-refractivity contribution in [3.05, 3.63) is 58.7 Å². The Hall–Kier alpha value is -2.57. The van der Waals surface area contributed by atoms with Crippen LogP contribution < -0.4 is 0 Å². The van der Waals surface area contributed by atoms with E-state index in [4.69, 9.17) is 21.1 Å². The van der Waals surface area contributed by atoms with Gasteiger partial charge in [0.1, 0.15) is 23.2 Å². The van der Waals surface area contributed by atoms with Gasteiger partial charge in [-0.3, -0.25) is 4.79 Å². The number of rotatable bonds is 1. The Morgan fingerprint density at radius 1 is 1.03 bits per heavy atom. The summed E-state index contributed by atoms with van der Waals surface area (Å²) >= 11 is 6.19. The molecule has 0 spiro atoms. The van der Waals surface area contributed by atoms with E-state index in [9.17, 15) is 19.8 Å². The largest absolute Gasteiger partial charge is 0.507 e. The Kier molecular flexibility index (Phi) is 5.97. The van der Waals surface area contributed by atoms with Crippen molar-refractivity contribution in [2.45, 2.75) is 50.4 Å². The van der Waals surface area contributed by atoms with E-state index in [0.29, 0.717) is 12.8 Å². The highest BCUT2D eigenvalue weighted by atomic mass is 35.5. The number of esters is 1. The minimum Gasteiger partial charge on any atom is -0.507 e. The highest BCUT2D eigenvalue weighted by molar-refractivity contribution is 6.33. The van der Waals surface area contributed by atoms with E-state index in [-0.39, 0.29) is 46.5 Å². The zero-order chi connectivity index (χ0) is 21.3. The van der Waals surface area contributed by atoms with Gasteiger partial charge in [0.15, 0.2) is 5.78 Å². The molecule has 0 aromatic heterocycles. The van der Waals surface area contributed by atoms with E-state index in [1.807, 2.05) is 24.3 Å². The number of allylic oxidation sites excluding steroid dienone is 5. The average Bonchev–Trinajstić information content (AvgIpc) is 3.46. The van der Waals surface area contributed by atoms with Crippen LogP contribution in [-0.4, -0.2) is 40.3 Å². The number of ketones is 1. The molecule has 1 aromatic carbocycles. The van der Waals surface area contributed by atoms with Crippen LogP contribution in [0.2, 0.25) is 5.02 Å². The lowest BCUT2D eigenvalue weighted by atomic mass is 9.90.